The molecule has 0 bridgehead atoms. The van der Waals surface area contributed by atoms with Crippen molar-refractivity contribution in [1.82, 2.24) is 4.98 Å². The Morgan fingerprint density at radius 1 is 1.14 bits per heavy atom. The number of pyridine rings is 1. The minimum Gasteiger partial charge on any atom is -0.478 e. The Hall–Kier alpha value is -2.07. The van der Waals surface area contributed by atoms with E-state index >= 15 is 0 Å². The molecule has 0 aliphatic heterocycles. The number of hydrogen-bond acceptors (Lipinski definition) is 3. The number of aromatic nitrogens is 1. The lowest BCUT2D eigenvalue weighted by molar-refractivity contribution is 0.0697. The van der Waals surface area contributed by atoms with Crippen molar-refractivity contribution in [2.24, 2.45) is 0 Å². The summed E-state index contributed by atoms with van der Waals surface area (Å²) in [7, 11) is 0. The Labute approximate surface area is 128 Å². The highest BCUT2D eigenvalue weighted by atomic mass is 35.5. The van der Waals surface area contributed by atoms with Crippen LogP contribution in [0.4, 0.5) is 11.5 Å². The molecule has 1 aromatic carbocycles. The van der Waals surface area contributed by atoms with Gasteiger partial charge in [-0.2, -0.15) is 0 Å². The fraction of sp³-hybridized carbons (Fsp3) is 0.250. The standard InChI is InChI=1S/C16H17ClN2O2/c1-16(2,3)10-4-6-11(7-5-10)18-14-12(15(20)21)8-9-13(17)19-14/h4-9H,1-3H3,(H,18,19)(H,20,21). The van der Waals surface area contributed by atoms with E-state index in [0.717, 1.165) is 5.69 Å². The third-order valence-electron chi connectivity index (χ3n) is 3.11. The van der Waals surface area contributed by atoms with Crippen molar-refractivity contribution in [2.75, 3.05) is 5.32 Å². The van der Waals surface area contributed by atoms with Gasteiger partial charge in [-0.15, -0.1) is 0 Å². The first kappa shape index (κ1) is 15.3. The summed E-state index contributed by atoms with van der Waals surface area (Å²) < 4.78 is 0. The van der Waals surface area contributed by atoms with Gasteiger partial charge in [0.2, 0.25) is 0 Å². The first-order valence-corrected chi connectivity index (χ1v) is 6.92. The van der Waals surface area contributed by atoms with Crippen LogP contribution < -0.4 is 5.32 Å². The summed E-state index contributed by atoms with van der Waals surface area (Å²) >= 11 is 5.83. The summed E-state index contributed by atoms with van der Waals surface area (Å²) in [4.78, 5) is 15.2. The second kappa shape index (κ2) is 5.74. The quantitative estimate of drug-likeness (QED) is 0.821. The van der Waals surface area contributed by atoms with Gasteiger partial charge in [0.05, 0.1) is 0 Å². The Balaban J connectivity index is 2.30. The number of carboxylic acids is 1. The summed E-state index contributed by atoms with van der Waals surface area (Å²) in [5.74, 6) is -0.813. The SMILES string of the molecule is CC(C)(C)c1ccc(Nc2nc(Cl)ccc2C(=O)O)cc1. The van der Waals surface area contributed by atoms with Gasteiger partial charge in [-0.25, -0.2) is 9.78 Å². The fourth-order valence-electron chi connectivity index (χ4n) is 1.89. The number of hydrogen-bond donors (Lipinski definition) is 2. The highest BCUT2D eigenvalue weighted by molar-refractivity contribution is 6.29. The second-order valence-electron chi connectivity index (χ2n) is 5.79. The van der Waals surface area contributed by atoms with Crippen molar-refractivity contribution in [3.63, 3.8) is 0 Å². The summed E-state index contributed by atoms with van der Waals surface area (Å²) in [5.41, 5.74) is 2.11. The number of aromatic carboxylic acids is 1. The summed E-state index contributed by atoms with van der Waals surface area (Å²) in [6.45, 7) is 6.41. The average Bonchev–Trinajstić information content (AvgIpc) is 2.38. The van der Waals surface area contributed by atoms with Crippen LogP contribution >= 0.6 is 11.6 Å². The van der Waals surface area contributed by atoms with Crippen LogP contribution in [0.1, 0.15) is 36.7 Å². The normalized spacial score (nSPS) is 11.2. The van der Waals surface area contributed by atoms with Crippen LogP contribution in [0.5, 0.6) is 0 Å². The van der Waals surface area contributed by atoms with Crippen LogP contribution in [0.3, 0.4) is 0 Å². The summed E-state index contributed by atoms with van der Waals surface area (Å²) in [5, 5.41) is 12.4. The van der Waals surface area contributed by atoms with E-state index in [2.05, 4.69) is 31.1 Å². The van der Waals surface area contributed by atoms with Crippen molar-refractivity contribution in [3.8, 4) is 0 Å². The number of rotatable bonds is 3. The highest BCUT2D eigenvalue weighted by Crippen LogP contribution is 2.26. The fourth-order valence-corrected chi connectivity index (χ4v) is 2.04. The van der Waals surface area contributed by atoms with Gasteiger partial charge in [0, 0.05) is 5.69 Å². The molecular weight excluding hydrogens is 288 g/mol. The number of carboxylic acid groups (broad SMARTS) is 1. The zero-order valence-electron chi connectivity index (χ0n) is 12.1. The molecule has 0 saturated carbocycles. The molecule has 0 aliphatic rings. The molecule has 2 aromatic rings. The monoisotopic (exact) mass is 304 g/mol. The van der Waals surface area contributed by atoms with Crippen molar-refractivity contribution in [1.29, 1.82) is 0 Å². The van der Waals surface area contributed by atoms with E-state index in [0.29, 0.717) is 0 Å². The smallest absolute Gasteiger partial charge is 0.339 e. The lowest BCUT2D eigenvalue weighted by Gasteiger charge is -2.19. The third kappa shape index (κ3) is 3.73. The molecule has 0 amide bonds. The molecule has 0 radical (unpaired) electrons. The van der Waals surface area contributed by atoms with E-state index in [1.165, 1.54) is 17.7 Å². The van der Waals surface area contributed by atoms with Crippen molar-refractivity contribution < 1.29 is 9.90 Å². The van der Waals surface area contributed by atoms with Crippen LogP contribution in [-0.2, 0) is 5.41 Å². The number of carbonyl (C=O) groups is 1. The molecule has 0 spiro atoms. The molecule has 1 aromatic heterocycles. The molecule has 5 heteroatoms. The van der Waals surface area contributed by atoms with Gasteiger partial charge in [-0.3, -0.25) is 0 Å². The molecule has 1 heterocycles. The largest absolute Gasteiger partial charge is 0.478 e. The molecule has 21 heavy (non-hydrogen) atoms. The van der Waals surface area contributed by atoms with Crippen LogP contribution in [0.15, 0.2) is 36.4 Å². The molecule has 0 fully saturated rings. The van der Waals surface area contributed by atoms with Gasteiger partial charge in [0.15, 0.2) is 0 Å². The van der Waals surface area contributed by atoms with Gasteiger partial charge in [-0.05, 0) is 35.2 Å². The van der Waals surface area contributed by atoms with Crippen LogP contribution in [-0.4, -0.2) is 16.1 Å². The van der Waals surface area contributed by atoms with E-state index < -0.39 is 5.97 Å². The maximum atomic E-state index is 11.2. The van der Waals surface area contributed by atoms with Gasteiger partial charge in [-0.1, -0.05) is 44.5 Å². The predicted molar refractivity (Wildman–Crippen MR) is 84.6 cm³/mol. The van der Waals surface area contributed by atoms with Crippen LogP contribution in [0, 0.1) is 0 Å². The number of benzene rings is 1. The first-order chi connectivity index (χ1) is 9.77. The van der Waals surface area contributed by atoms with Crippen LogP contribution in [0.25, 0.3) is 0 Å². The van der Waals surface area contributed by atoms with Crippen LogP contribution in [0.2, 0.25) is 5.15 Å². The maximum absolute atomic E-state index is 11.2. The zero-order valence-corrected chi connectivity index (χ0v) is 12.9. The average molecular weight is 305 g/mol. The molecule has 4 nitrogen and oxygen atoms in total. The van der Waals surface area contributed by atoms with Gasteiger partial charge in [0.25, 0.3) is 0 Å². The lowest BCUT2D eigenvalue weighted by Crippen LogP contribution is -2.10. The van der Waals surface area contributed by atoms with E-state index in [9.17, 15) is 4.79 Å². The number of nitrogens with zero attached hydrogens (tertiary/aromatic N) is 1. The van der Waals surface area contributed by atoms with E-state index in [-0.39, 0.29) is 21.9 Å². The van der Waals surface area contributed by atoms with Crippen molar-refractivity contribution in [3.05, 3.63) is 52.7 Å². The minimum atomic E-state index is -1.05. The highest BCUT2D eigenvalue weighted by Gasteiger charge is 2.14. The number of halogens is 1. The molecule has 0 aliphatic carbocycles. The Morgan fingerprint density at radius 3 is 2.29 bits per heavy atom. The Morgan fingerprint density at radius 2 is 1.76 bits per heavy atom. The molecule has 2 rings (SSSR count). The maximum Gasteiger partial charge on any atom is 0.339 e. The first-order valence-electron chi connectivity index (χ1n) is 6.55. The van der Waals surface area contributed by atoms with Crippen molar-refractivity contribution in [2.45, 2.75) is 26.2 Å². The third-order valence-corrected chi connectivity index (χ3v) is 3.32. The second-order valence-corrected chi connectivity index (χ2v) is 6.17. The molecule has 0 saturated heterocycles. The molecule has 0 atom stereocenters. The Bertz CT molecular complexity index is 661. The number of anilines is 2. The topological polar surface area (TPSA) is 62.2 Å². The minimum absolute atomic E-state index is 0.0685. The Kier molecular flexibility index (Phi) is 4.19. The molecule has 110 valence electrons. The van der Waals surface area contributed by atoms with E-state index in [4.69, 9.17) is 16.7 Å². The van der Waals surface area contributed by atoms with Gasteiger partial charge >= 0.3 is 5.97 Å². The predicted octanol–water partition coefficient (Wildman–Crippen LogP) is 4.47. The van der Waals surface area contributed by atoms with Gasteiger partial charge < -0.3 is 10.4 Å². The van der Waals surface area contributed by atoms with Crippen molar-refractivity contribution >= 4 is 29.1 Å². The molecule has 2 N–H and O–H groups in total. The van der Waals surface area contributed by atoms with E-state index in [1.807, 2.05) is 24.3 Å². The summed E-state index contributed by atoms with van der Waals surface area (Å²) in [6.07, 6.45) is 0. The van der Waals surface area contributed by atoms with Gasteiger partial charge in [0.1, 0.15) is 16.5 Å². The molecule has 0 unspecified atom stereocenters. The zero-order chi connectivity index (χ0) is 15.6. The summed E-state index contributed by atoms with van der Waals surface area (Å²) in [6, 6.07) is 10.7. The number of nitrogens with one attached hydrogen (secondary N) is 1. The van der Waals surface area contributed by atoms with E-state index in [1.54, 1.807) is 0 Å². The molecular formula is C16H17ClN2O2. The lowest BCUT2D eigenvalue weighted by atomic mass is 9.87.